The van der Waals surface area contributed by atoms with Gasteiger partial charge in [0.2, 0.25) is 5.79 Å². The first-order valence-electron chi connectivity index (χ1n) is 6.32. The Morgan fingerprint density at radius 3 is 1.52 bits per heavy atom. The van der Waals surface area contributed by atoms with Crippen LogP contribution in [0.3, 0.4) is 0 Å². The van der Waals surface area contributed by atoms with Crippen molar-refractivity contribution in [3.8, 4) is 0 Å². The molecule has 0 amide bonds. The number of halogens is 4. The van der Waals surface area contributed by atoms with Crippen LogP contribution in [0.15, 0.2) is 22.2 Å². The van der Waals surface area contributed by atoms with Crippen molar-refractivity contribution in [2.45, 2.75) is 27.7 Å². The van der Waals surface area contributed by atoms with Crippen LogP contribution in [0.1, 0.15) is 0 Å². The largest absolute Gasteiger partial charge is 0.389 e. The molecule has 3 rings (SSSR count). The Bertz CT molecular complexity index is 504. The van der Waals surface area contributed by atoms with Gasteiger partial charge in [-0.05, 0) is 0 Å². The number of rotatable bonds is 2. The summed E-state index contributed by atoms with van der Waals surface area (Å²) in [6.45, 7) is 0. The third kappa shape index (κ3) is 1.45. The van der Waals surface area contributed by atoms with E-state index in [1.165, 1.54) is 26.4 Å². The van der Waals surface area contributed by atoms with E-state index in [0.717, 1.165) is 0 Å². The molecule has 0 aromatic carbocycles. The zero-order chi connectivity index (χ0) is 15.8. The molecule has 0 saturated heterocycles. The minimum Gasteiger partial charge on any atom is -0.389 e. The maximum atomic E-state index is 10.3. The highest BCUT2D eigenvalue weighted by molar-refractivity contribution is 6.52. The molecule has 8 heteroatoms. The van der Waals surface area contributed by atoms with Crippen molar-refractivity contribution in [3.05, 3.63) is 22.2 Å². The molecule has 0 aliphatic heterocycles. The standard InChI is InChI=1S/C13H14Cl4O4/c1-20-13(21-2)11(16)7-5(18)3-4-6(19)8(7)12(13,17)10(15)9(11)14/h3-8,18-19H,1-2H3/t5-,6+,7-,8-,11-,12+/m0/s1. The van der Waals surface area contributed by atoms with Crippen LogP contribution >= 0.6 is 46.4 Å². The van der Waals surface area contributed by atoms with Gasteiger partial charge in [-0.1, -0.05) is 35.4 Å². The highest BCUT2D eigenvalue weighted by atomic mass is 35.5. The number of hydrogen-bond acceptors (Lipinski definition) is 4. The van der Waals surface area contributed by atoms with E-state index >= 15 is 0 Å². The van der Waals surface area contributed by atoms with Crippen LogP contribution < -0.4 is 0 Å². The minimum atomic E-state index is -1.60. The summed E-state index contributed by atoms with van der Waals surface area (Å²) in [5, 5.41) is 20.9. The van der Waals surface area contributed by atoms with Gasteiger partial charge in [-0.25, -0.2) is 0 Å². The molecule has 1 saturated carbocycles. The second-order valence-corrected chi connectivity index (χ2v) is 7.44. The molecule has 0 radical (unpaired) electrons. The van der Waals surface area contributed by atoms with Gasteiger partial charge >= 0.3 is 0 Å². The predicted molar refractivity (Wildman–Crippen MR) is 80.8 cm³/mol. The van der Waals surface area contributed by atoms with Gasteiger partial charge in [0, 0.05) is 26.1 Å². The lowest BCUT2D eigenvalue weighted by atomic mass is 9.72. The Morgan fingerprint density at radius 1 is 0.905 bits per heavy atom. The number of alkyl halides is 2. The van der Waals surface area contributed by atoms with Crippen molar-refractivity contribution in [2.75, 3.05) is 14.2 Å². The van der Waals surface area contributed by atoms with Crippen molar-refractivity contribution in [1.29, 1.82) is 0 Å². The highest BCUT2D eigenvalue weighted by Gasteiger charge is 2.86. The van der Waals surface area contributed by atoms with Gasteiger partial charge in [0.15, 0.2) is 0 Å². The number of fused-ring (bicyclic) bond motifs is 5. The number of aliphatic hydroxyl groups excluding tert-OH is 2. The van der Waals surface area contributed by atoms with E-state index in [2.05, 4.69) is 0 Å². The summed E-state index contributed by atoms with van der Waals surface area (Å²) in [4.78, 5) is -2.99. The zero-order valence-corrected chi connectivity index (χ0v) is 14.2. The van der Waals surface area contributed by atoms with Crippen LogP contribution in [0, 0.1) is 11.8 Å². The first-order valence-corrected chi connectivity index (χ1v) is 7.84. The lowest BCUT2D eigenvalue weighted by Gasteiger charge is -2.41. The summed E-state index contributed by atoms with van der Waals surface area (Å²) in [5.74, 6) is -3.00. The first kappa shape index (κ1) is 16.3. The van der Waals surface area contributed by atoms with Crippen LogP contribution in [-0.4, -0.2) is 52.2 Å². The van der Waals surface area contributed by atoms with Crippen molar-refractivity contribution in [1.82, 2.24) is 0 Å². The molecule has 6 atom stereocenters. The highest BCUT2D eigenvalue weighted by Crippen LogP contribution is 2.75. The molecule has 0 aromatic heterocycles. The molecule has 4 nitrogen and oxygen atoms in total. The van der Waals surface area contributed by atoms with Gasteiger partial charge in [-0.2, -0.15) is 0 Å². The fraction of sp³-hybridized carbons (Fsp3) is 0.692. The average molecular weight is 376 g/mol. The third-order valence-corrected chi connectivity index (χ3v) is 7.56. The molecule has 118 valence electrons. The summed E-state index contributed by atoms with van der Waals surface area (Å²) < 4.78 is 11.0. The summed E-state index contributed by atoms with van der Waals surface area (Å²) in [7, 11) is 2.75. The molecule has 0 aromatic rings. The molecule has 1 fully saturated rings. The maximum absolute atomic E-state index is 10.3. The van der Waals surface area contributed by atoms with Crippen molar-refractivity contribution in [3.63, 3.8) is 0 Å². The molecule has 2 bridgehead atoms. The topological polar surface area (TPSA) is 58.9 Å². The van der Waals surface area contributed by atoms with E-state index in [1.54, 1.807) is 0 Å². The van der Waals surface area contributed by atoms with Crippen LogP contribution in [0.2, 0.25) is 0 Å². The quantitative estimate of drug-likeness (QED) is 0.441. The lowest BCUT2D eigenvalue weighted by Crippen LogP contribution is -2.58. The Kier molecular flexibility index (Phi) is 3.69. The smallest absolute Gasteiger partial charge is 0.217 e. The Hall–Kier alpha value is 0.480. The van der Waals surface area contributed by atoms with Crippen LogP contribution in [-0.2, 0) is 9.47 Å². The maximum Gasteiger partial charge on any atom is 0.217 e. The second-order valence-electron chi connectivity index (χ2n) is 5.49. The molecule has 3 aliphatic carbocycles. The van der Waals surface area contributed by atoms with Crippen LogP contribution in [0.5, 0.6) is 0 Å². The lowest BCUT2D eigenvalue weighted by molar-refractivity contribution is -0.222. The Morgan fingerprint density at radius 2 is 1.24 bits per heavy atom. The van der Waals surface area contributed by atoms with Crippen molar-refractivity contribution in [2.24, 2.45) is 11.8 Å². The minimum absolute atomic E-state index is 0.0762. The molecule has 0 spiro atoms. The average Bonchev–Trinajstić information content (AvgIpc) is 2.72. The fourth-order valence-corrected chi connectivity index (χ4v) is 6.41. The van der Waals surface area contributed by atoms with E-state index in [-0.39, 0.29) is 10.1 Å². The van der Waals surface area contributed by atoms with Crippen LogP contribution in [0.25, 0.3) is 0 Å². The molecule has 0 unspecified atom stereocenters. The second kappa shape index (κ2) is 4.74. The molecular formula is C13H14Cl4O4. The van der Waals surface area contributed by atoms with Gasteiger partial charge in [0.05, 0.1) is 22.3 Å². The third-order valence-electron chi connectivity index (χ3n) is 4.91. The van der Waals surface area contributed by atoms with Gasteiger partial charge < -0.3 is 19.7 Å². The Balaban J connectivity index is 2.34. The van der Waals surface area contributed by atoms with Gasteiger partial charge in [0.1, 0.15) is 9.75 Å². The first-order chi connectivity index (χ1) is 9.74. The normalized spacial score (nSPS) is 50.7. The number of ether oxygens (including phenoxy) is 2. The fourth-order valence-electron chi connectivity index (χ4n) is 4.14. The van der Waals surface area contributed by atoms with E-state index in [0.29, 0.717) is 0 Å². The SMILES string of the molecule is COC1(OC)[C@@]2(Cl)C(Cl)=C(Cl)[C@]1(Cl)[C@@H]1[C@@H]2[C@@H](O)C=C[C@H]1O. The molecular weight excluding hydrogens is 362 g/mol. The summed E-state index contributed by atoms with van der Waals surface area (Å²) in [6, 6.07) is 0. The monoisotopic (exact) mass is 374 g/mol. The molecule has 3 aliphatic rings. The predicted octanol–water partition coefficient (Wildman–Crippen LogP) is 2.17. The molecule has 21 heavy (non-hydrogen) atoms. The van der Waals surface area contributed by atoms with E-state index in [4.69, 9.17) is 55.9 Å². The van der Waals surface area contributed by atoms with E-state index in [1.807, 2.05) is 0 Å². The Labute approximate surface area is 142 Å². The number of methoxy groups -OCH3 is 2. The summed E-state index contributed by atoms with van der Waals surface area (Å²) >= 11 is 26.2. The summed E-state index contributed by atoms with van der Waals surface area (Å²) in [6.07, 6.45) is 1.01. The number of hydrogen-bond donors (Lipinski definition) is 2. The van der Waals surface area contributed by atoms with Gasteiger partial charge in [-0.15, -0.1) is 23.2 Å². The van der Waals surface area contributed by atoms with E-state index in [9.17, 15) is 10.2 Å². The molecule has 0 heterocycles. The van der Waals surface area contributed by atoms with Crippen LogP contribution in [0.4, 0.5) is 0 Å². The van der Waals surface area contributed by atoms with Crippen molar-refractivity contribution < 1.29 is 19.7 Å². The zero-order valence-electron chi connectivity index (χ0n) is 11.2. The van der Waals surface area contributed by atoms with Crippen molar-refractivity contribution >= 4 is 46.4 Å². The summed E-state index contributed by atoms with van der Waals surface area (Å²) in [5.41, 5.74) is 0. The number of aliphatic hydroxyl groups is 2. The van der Waals surface area contributed by atoms with Gasteiger partial charge in [-0.3, -0.25) is 0 Å². The van der Waals surface area contributed by atoms with E-state index < -0.39 is 39.6 Å². The van der Waals surface area contributed by atoms with Gasteiger partial charge in [0.25, 0.3) is 0 Å². The molecule has 2 N–H and O–H groups in total.